The lowest BCUT2D eigenvalue weighted by Gasteiger charge is -2.16. The number of nitrogens with zero attached hydrogens (tertiary/aromatic N) is 4. The predicted molar refractivity (Wildman–Crippen MR) is 195 cm³/mol. The van der Waals surface area contributed by atoms with Crippen LogP contribution in [0.4, 0.5) is 0 Å². The first-order valence-corrected chi connectivity index (χ1v) is 15.9. The lowest BCUT2D eigenvalue weighted by atomic mass is 9.95. The number of fused-ring (bicyclic) bond motifs is 6. The Morgan fingerprint density at radius 3 is 1.58 bits per heavy atom. The van der Waals surface area contributed by atoms with E-state index in [1.807, 2.05) is 36.4 Å². The Kier molecular flexibility index (Phi) is 6.22. The highest BCUT2D eigenvalue weighted by molar-refractivity contribution is 6.11. The molecule has 4 heteroatoms. The van der Waals surface area contributed by atoms with Crippen LogP contribution in [0.3, 0.4) is 0 Å². The third-order valence-electron chi connectivity index (χ3n) is 9.41. The van der Waals surface area contributed by atoms with Crippen LogP contribution in [0.5, 0.6) is 0 Å². The van der Waals surface area contributed by atoms with Crippen molar-refractivity contribution in [3.8, 4) is 45.8 Å². The van der Waals surface area contributed by atoms with Crippen molar-refractivity contribution in [2.45, 2.75) is 0 Å². The second-order valence-corrected chi connectivity index (χ2v) is 12.0. The molecule has 222 valence electrons. The monoisotopic (exact) mass is 610 g/mol. The summed E-state index contributed by atoms with van der Waals surface area (Å²) in [5.74, 6) is 0. The zero-order chi connectivity index (χ0) is 32.2. The van der Waals surface area contributed by atoms with Gasteiger partial charge in [0.05, 0.1) is 45.0 Å². The van der Waals surface area contributed by atoms with Gasteiger partial charge in [-0.15, -0.1) is 0 Å². The van der Waals surface area contributed by atoms with Crippen LogP contribution >= 0.6 is 0 Å². The van der Waals surface area contributed by atoms with Gasteiger partial charge in [0, 0.05) is 32.8 Å². The second kappa shape index (κ2) is 10.9. The number of nitriles is 2. The fourth-order valence-corrected chi connectivity index (χ4v) is 7.34. The largest absolute Gasteiger partial charge is 0.309 e. The van der Waals surface area contributed by atoms with Crippen LogP contribution in [0.2, 0.25) is 0 Å². The number of benzene rings is 7. The van der Waals surface area contributed by atoms with Crippen molar-refractivity contribution in [1.82, 2.24) is 9.13 Å². The summed E-state index contributed by atoms with van der Waals surface area (Å²) in [6.07, 6.45) is 0. The minimum Gasteiger partial charge on any atom is -0.309 e. The summed E-state index contributed by atoms with van der Waals surface area (Å²) < 4.78 is 4.47. The zero-order valence-corrected chi connectivity index (χ0v) is 25.8. The molecule has 48 heavy (non-hydrogen) atoms. The van der Waals surface area contributed by atoms with Crippen LogP contribution in [0.25, 0.3) is 77.2 Å². The van der Waals surface area contributed by atoms with Gasteiger partial charge in [0.2, 0.25) is 0 Å². The van der Waals surface area contributed by atoms with Crippen molar-refractivity contribution in [2.24, 2.45) is 0 Å². The molecular weight excluding hydrogens is 585 g/mol. The molecule has 0 saturated carbocycles. The van der Waals surface area contributed by atoms with Crippen LogP contribution in [0.1, 0.15) is 11.1 Å². The Morgan fingerprint density at radius 1 is 0.396 bits per heavy atom. The van der Waals surface area contributed by atoms with Gasteiger partial charge in [-0.1, -0.05) is 109 Å². The molecule has 0 saturated heterocycles. The Bertz CT molecular complexity index is 2750. The summed E-state index contributed by atoms with van der Waals surface area (Å²) in [6.45, 7) is 0. The van der Waals surface area contributed by atoms with E-state index in [9.17, 15) is 10.5 Å². The van der Waals surface area contributed by atoms with Crippen molar-refractivity contribution in [2.75, 3.05) is 0 Å². The summed E-state index contributed by atoms with van der Waals surface area (Å²) in [7, 11) is 0. The molecule has 0 unspecified atom stereocenters. The lowest BCUT2D eigenvalue weighted by molar-refractivity contribution is 1.18. The molecule has 9 aromatic rings. The van der Waals surface area contributed by atoms with E-state index < -0.39 is 0 Å². The summed E-state index contributed by atoms with van der Waals surface area (Å²) >= 11 is 0. The van der Waals surface area contributed by atoms with Gasteiger partial charge in [0.1, 0.15) is 6.07 Å². The molecule has 0 N–H and O–H groups in total. The Hall–Kier alpha value is -6.88. The first kappa shape index (κ1) is 27.4. The van der Waals surface area contributed by atoms with Crippen molar-refractivity contribution in [1.29, 1.82) is 10.5 Å². The lowest BCUT2D eigenvalue weighted by Crippen LogP contribution is -1.99. The van der Waals surface area contributed by atoms with Crippen LogP contribution in [-0.4, -0.2) is 9.13 Å². The fourth-order valence-electron chi connectivity index (χ4n) is 7.34. The molecule has 0 atom stereocenters. The first-order valence-electron chi connectivity index (χ1n) is 15.9. The van der Waals surface area contributed by atoms with E-state index >= 15 is 0 Å². The quantitative estimate of drug-likeness (QED) is 0.199. The number of hydrogen-bond donors (Lipinski definition) is 0. The van der Waals surface area contributed by atoms with Gasteiger partial charge in [0.25, 0.3) is 0 Å². The second-order valence-electron chi connectivity index (χ2n) is 12.0. The van der Waals surface area contributed by atoms with E-state index in [2.05, 4.69) is 143 Å². The number of aromatic nitrogens is 2. The number of hydrogen-bond acceptors (Lipinski definition) is 2. The van der Waals surface area contributed by atoms with Crippen molar-refractivity contribution >= 4 is 43.6 Å². The topological polar surface area (TPSA) is 57.4 Å². The minimum atomic E-state index is 0.628. The standard InChI is InChI=1S/C44H26N4/c45-27-32-11-9-21-42(48-40-19-5-1-14-35(40)36-15-2-6-20-41(36)48)43(32)30-24-22-29(23-25-30)31-10-7-13-34(26-31)47-39-18-4-3-16-37(39)38-17-8-12-33(28-46)44(38)47/h1-26H. The Balaban J connectivity index is 1.19. The molecule has 2 aromatic heterocycles. The van der Waals surface area contributed by atoms with Gasteiger partial charge in [0.15, 0.2) is 0 Å². The van der Waals surface area contributed by atoms with Crippen LogP contribution in [0.15, 0.2) is 158 Å². The summed E-state index contributed by atoms with van der Waals surface area (Å²) in [5, 5.41) is 24.9. The molecule has 0 aliphatic heterocycles. The molecule has 0 spiro atoms. The van der Waals surface area contributed by atoms with Gasteiger partial charge in [-0.25, -0.2) is 0 Å². The molecule has 0 radical (unpaired) electrons. The van der Waals surface area contributed by atoms with Gasteiger partial charge < -0.3 is 9.13 Å². The van der Waals surface area contributed by atoms with Crippen molar-refractivity contribution in [3.63, 3.8) is 0 Å². The Morgan fingerprint density at radius 2 is 0.917 bits per heavy atom. The average molecular weight is 611 g/mol. The third-order valence-corrected chi connectivity index (χ3v) is 9.41. The molecule has 0 amide bonds. The van der Waals surface area contributed by atoms with Gasteiger partial charge in [-0.2, -0.15) is 10.5 Å². The maximum atomic E-state index is 10.3. The van der Waals surface area contributed by atoms with Crippen molar-refractivity contribution < 1.29 is 0 Å². The first-order chi connectivity index (χ1) is 23.7. The normalized spacial score (nSPS) is 11.3. The highest BCUT2D eigenvalue weighted by Crippen LogP contribution is 2.39. The van der Waals surface area contributed by atoms with E-state index in [0.29, 0.717) is 11.1 Å². The highest BCUT2D eigenvalue weighted by atomic mass is 15.0. The number of para-hydroxylation sites is 4. The molecule has 0 aliphatic carbocycles. The summed E-state index contributed by atoms with van der Waals surface area (Å²) in [5.41, 5.74) is 11.4. The molecule has 9 rings (SSSR count). The predicted octanol–water partition coefficient (Wildman–Crippen LogP) is 11.0. The van der Waals surface area contributed by atoms with E-state index in [-0.39, 0.29) is 0 Å². The molecule has 0 aliphatic rings. The zero-order valence-electron chi connectivity index (χ0n) is 25.8. The maximum Gasteiger partial charge on any atom is 0.101 e. The van der Waals surface area contributed by atoms with Crippen LogP contribution < -0.4 is 0 Å². The van der Waals surface area contributed by atoms with E-state index in [4.69, 9.17) is 0 Å². The minimum absolute atomic E-state index is 0.628. The summed E-state index contributed by atoms with van der Waals surface area (Å²) in [4.78, 5) is 0. The van der Waals surface area contributed by atoms with Gasteiger partial charge >= 0.3 is 0 Å². The highest BCUT2D eigenvalue weighted by Gasteiger charge is 2.19. The van der Waals surface area contributed by atoms with Crippen molar-refractivity contribution in [3.05, 3.63) is 169 Å². The summed E-state index contributed by atoms with van der Waals surface area (Å²) in [6, 6.07) is 58.9. The fraction of sp³-hybridized carbons (Fsp3) is 0. The maximum absolute atomic E-state index is 10.3. The smallest absolute Gasteiger partial charge is 0.101 e. The molecule has 0 fully saturated rings. The molecule has 2 heterocycles. The van der Waals surface area contributed by atoms with Gasteiger partial charge in [-0.05, 0) is 65.2 Å². The molecular formula is C44H26N4. The van der Waals surface area contributed by atoms with Crippen LogP contribution in [-0.2, 0) is 0 Å². The van der Waals surface area contributed by atoms with E-state index in [1.54, 1.807) is 0 Å². The Labute approximate surface area is 277 Å². The molecule has 4 nitrogen and oxygen atoms in total. The number of rotatable bonds is 4. The molecule has 0 bridgehead atoms. The van der Waals surface area contributed by atoms with E-state index in [1.165, 1.54) is 10.8 Å². The average Bonchev–Trinajstić information content (AvgIpc) is 3.68. The van der Waals surface area contributed by atoms with Crippen LogP contribution in [0, 0.1) is 22.7 Å². The third kappa shape index (κ3) is 4.07. The van der Waals surface area contributed by atoms with Gasteiger partial charge in [-0.3, -0.25) is 0 Å². The SMILES string of the molecule is N#Cc1cccc(-n2c3ccccc3c3ccccc32)c1-c1ccc(-c2cccc(-n3c4ccccc4c4cccc(C#N)c43)c2)cc1. The molecule has 7 aromatic carbocycles. The van der Waals surface area contributed by atoms with E-state index in [0.717, 1.165) is 66.5 Å².